The van der Waals surface area contributed by atoms with Gasteiger partial charge in [-0.15, -0.1) is 0 Å². The predicted molar refractivity (Wildman–Crippen MR) is 61.1 cm³/mol. The Morgan fingerprint density at radius 3 is 2.35 bits per heavy atom. The maximum atomic E-state index is 11.9. The number of piperidine rings is 1. The first-order valence-corrected chi connectivity index (χ1v) is 7.44. The van der Waals surface area contributed by atoms with E-state index in [1.807, 2.05) is 0 Å². The summed E-state index contributed by atoms with van der Waals surface area (Å²) < 4.78 is 41.2. The van der Waals surface area contributed by atoms with Gasteiger partial charge in [-0.3, -0.25) is 0 Å². The van der Waals surface area contributed by atoms with Crippen LogP contribution in [0.3, 0.4) is 0 Å². The van der Waals surface area contributed by atoms with Gasteiger partial charge in [-0.25, -0.2) is 12.7 Å². The standard InChI is InChI=1S/C10H19NO5S/c1-14-8-9-17(12,13)11-4-2-10(3-5-11)15-6-7-16-10/h2-9H2,1H3. The molecule has 2 heterocycles. The second-order valence-electron chi connectivity index (χ2n) is 4.32. The molecule has 2 fully saturated rings. The Morgan fingerprint density at radius 1 is 1.24 bits per heavy atom. The van der Waals surface area contributed by atoms with E-state index in [-0.39, 0.29) is 12.4 Å². The van der Waals surface area contributed by atoms with Gasteiger partial charge < -0.3 is 14.2 Å². The normalized spacial score (nSPS) is 25.5. The molecule has 0 radical (unpaired) electrons. The van der Waals surface area contributed by atoms with Crippen molar-refractivity contribution in [2.45, 2.75) is 18.6 Å². The van der Waals surface area contributed by atoms with E-state index in [1.54, 1.807) is 0 Å². The molecule has 7 heteroatoms. The van der Waals surface area contributed by atoms with E-state index < -0.39 is 15.8 Å². The van der Waals surface area contributed by atoms with Crippen LogP contribution < -0.4 is 0 Å². The topological polar surface area (TPSA) is 65.1 Å². The molecule has 0 aliphatic carbocycles. The van der Waals surface area contributed by atoms with Crippen LogP contribution in [-0.4, -0.2) is 64.3 Å². The zero-order valence-corrected chi connectivity index (χ0v) is 10.9. The molecule has 2 aliphatic heterocycles. The molecule has 0 bridgehead atoms. The van der Waals surface area contributed by atoms with Crippen molar-refractivity contribution in [3.63, 3.8) is 0 Å². The van der Waals surface area contributed by atoms with Crippen molar-refractivity contribution in [1.82, 2.24) is 4.31 Å². The number of hydrogen-bond donors (Lipinski definition) is 0. The molecule has 0 atom stereocenters. The fourth-order valence-electron chi connectivity index (χ4n) is 2.21. The largest absolute Gasteiger partial charge is 0.384 e. The van der Waals surface area contributed by atoms with Crippen molar-refractivity contribution >= 4 is 10.0 Å². The van der Waals surface area contributed by atoms with Crippen LogP contribution in [0.4, 0.5) is 0 Å². The van der Waals surface area contributed by atoms with Crippen LogP contribution in [-0.2, 0) is 24.2 Å². The lowest BCUT2D eigenvalue weighted by Crippen LogP contribution is -2.48. The van der Waals surface area contributed by atoms with Crippen molar-refractivity contribution < 1.29 is 22.6 Å². The van der Waals surface area contributed by atoms with Crippen LogP contribution in [0.2, 0.25) is 0 Å². The number of ether oxygens (including phenoxy) is 3. The fraction of sp³-hybridized carbons (Fsp3) is 1.00. The third-order valence-electron chi connectivity index (χ3n) is 3.24. The summed E-state index contributed by atoms with van der Waals surface area (Å²) in [6.45, 7) is 2.38. The molecule has 6 nitrogen and oxygen atoms in total. The summed E-state index contributed by atoms with van der Waals surface area (Å²) in [6.07, 6.45) is 1.22. The number of rotatable bonds is 4. The summed E-state index contributed by atoms with van der Waals surface area (Å²) in [4.78, 5) is 0. The maximum absolute atomic E-state index is 11.9. The Balaban J connectivity index is 1.90. The molecule has 100 valence electrons. The highest BCUT2D eigenvalue weighted by Gasteiger charge is 2.42. The molecule has 0 unspecified atom stereocenters. The van der Waals surface area contributed by atoms with Gasteiger partial charge in [0, 0.05) is 33.0 Å². The second kappa shape index (κ2) is 5.19. The average molecular weight is 265 g/mol. The van der Waals surface area contributed by atoms with E-state index in [9.17, 15) is 8.42 Å². The van der Waals surface area contributed by atoms with Gasteiger partial charge in [0.15, 0.2) is 5.79 Å². The van der Waals surface area contributed by atoms with Gasteiger partial charge in [0.2, 0.25) is 10.0 Å². The van der Waals surface area contributed by atoms with Crippen LogP contribution in [0.25, 0.3) is 0 Å². The lowest BCUT2D eigenvalue weighted by atomic mass is 10.1. The third-order valence-corrected chi connectivity index (χ3v) is 5.07. The van der Waals surface area contributed by atoms with Gasteiger partial charge in [-0.05, 0) is 0 Å². The molecule has 0 amide bonds. The monoisotopic (exact) mass is 265 g/mol. The highest BCUT2D eigenvalue weighted by Crippen LogP contribution is 2.32. The number of nitrogens with zero attached hydrogens (tertiary/aromatic N) is 1. The summed E-state index contributed by atoms with van der Waals surface area (Å²) in [6, 6.07) is 0. The first kappa shape index (κ1) is 13.2. The van der Waals surface area contributed by atoms with Crippen LogP contribution in [0, 0.1) is 0 Å². The SMILES string of the molecule is COCCS(=O)(=O)N1CCC2(CC1)OCCO2. The Hall–Kier alpha value is -0.210. The van der Waals surface area contributed by atoms with Gasteiger partial charge >= 0.3 is 0 Å². The van der Waals surface area contributed by atoms with E-state index in [1.165, 1.54) is 11.4 Å². The Labute approximate surface area is 102 Å². The van der Waals surface area contributed by atoms with Crippen LogP contribution >= 0.6 is 0 Å². The van der Waals surface area contributed by atoms with Crippen LogP contribution in [0.5, 0.6) is 0 Å². The molecular formula is C10H19NO5S. The van der Waals surface area contributed by atoms with Crippen molar-refractivity contribution in [3.8, 4) is 0 Å². The van der Waals surface area contributed by atoms with Crippen molar-refractivity contribution in [3.05, 3.63) is 0 Å². The summed E-state index contributed by atoms with van der Waals surface area (Å²) in [5, 5.41) is 0. The number of sulfonamides is 1. The third kappa shape index (κ3) is 2.97. The first-order chi connectivity index (χ1) is 8.08. The van der Waals surface area contributed by atoms with Crippen molar-refractivity contribution in [1.29, 1.82) is 0 Å². The lowest BCUT2D eigenvalue weighted by Gasteiger charge is -2.36. The Kier molecular flexibility index (Phi) is 4.04. The second-order valence-corrected chi connectivity index (χ2v) is 6.40. The summed E-state index contributed by atoms with van der Waals surface area (Å²) in [5.41, 5.74) is 0. The van der Waals surface area contributed by atoms with E-state index in [4.69, 9.17) is 14.2 Å². The zero-order chi connectivity index (χ0) is 12.4. The molecule has 0 N–H and O–H groups in total. The highest BCUT2D eigenvalue weighted by atomic mass is 32.2. The fourth-order valence-corrected chi connectivity index (χ4v) is 3.58. The van der Waals surface area contributed by atoms with Gasteiger partial charge in [-0.2, -0.15) is 0 Å². The number of methoxy groups -OCH3 is 1. The maximum Gasteiger partial charge on any atom is 0.216 e. The Bertz CT molecular complexity index is 340. The Morgan fingerprint density at radius 2 is 1.82 bits per heavy atom. The van der Waals surface area contributed by atoms with Crippen molar-refractivity contribution in [2.75, 3.05) is 45.8 Å². The highest BCUT2D eigenvalue weighted by molar-refractivity contribution is 7.89. The molecular weight excluding hydrogens is 246 g/mol. The lowest BCUT2D eigenvalue weighted by molar-refractivity contribution is -0.179. The molecule has 0 saturated carbocycles. The molecule has 17 heavy (non-hydrogen) atoms. The predicted octanol–water partition coefficient (Wildman–Crippen LogP) is -0.198. The molecule has 2 aliphatic rings. The molecule has 2 rings (SSSR count). The number of hydrogen-bond acceptors (Lipinski definition) is 5. The van der Waals surface area contributed by atoms with Crippen molar-refractivity contribution in [2.24, 2.45) is 0 Å². The summed E-state index contributed by atoms with van der Waals surface area (Å²) in [5.74, 6) is -0.481. The van der Waals surface area contributed by atoms with Gasteiger partial charge in [-0.1, -0.05) is 0 Å². The molecule has 0 aromatic carbocycles. The average Bonchev–Trinajstić information content (AvgIpc) is 2.76. The van der Waals surface area contributed by atoms with E-state index >= 15 is 0 Å². The molecule has 0 aromatic heterocycles. The minimum absolute atomic E-state index is 0.0399. The minimum atomic E-state index is -3.19. The summed E-state index contributed by atoms with van der Waals surface area (Å²) >= 11 is 0. The van der Waals surface area contributed by atoms with Crippen LogP contribution in [0.15, 0.2) is 0 Å². The first-order valence-electron chi connectivity index (χ1n) is 5.83. The van der Waals surface area contributed by atoms with Crippen LogP contribution in [0.1, 0.15) is 12.8 Å². The van der Waals surface area contributed by atoms with Gasteiger partial charge in [0.25, 0.3) is 0 Å². The molecule has 1 spiro atoms. The quantitative estimate of drug-likeness (QED) is 0.704. The minimum Gasteiger partial charge on any atom is -0.384 e. The molecule has 2 saturated heterocycles. The molecule has 0 aromatic rings. The van der Waals surface area contributed by atoms with Gasteiger partial charge in [0.05, 0.1) is 25.6 Å². The zero-order valence-electron chi connectivity index (χ0n) is 10.1. The van der Waals surface area contributed by atoms with E-state index in [0.29, 0.717) is 39.1 Å². The van der Waals surface area contributed by atoms with Gasteiger partial charge in [0.1, 0.15) is 0 Å². The summed E-state index contributed by atoms with van der Waals surface area (Å²) in [7, 11) is -1.69. The van der Waals surface area contributed by atoms with E-state index in [2.05, 4.69) is 0 Å². The smallest absolute Gasteiger partial charge is 0.216 e. The van der Waals surface area contributed by atoms with E-state index in [0.717, 1.165) is 0 Å².